The van der Waals surface area contributed by atoms with E-state index >= 15 is 0 Å². The van der Waals surface area contributed by atoms with E-state index in [0.29, 0.717) is 6.10 Å². The molecule has 0 spiro atoms. The van der Waals surface area contributed by atoms with Crippen molar-refractivity contribution in [3.05, 3.63) is 70.8 Å². The van der Waals surface area contributed by atoms with Crippen molar-refractivity contribution in [2.45, 2.75) is 52.0 Å². The second-order valence-corrected chi connectivity index (χ2v) is 9.32. The lowest BCUT2D eigenvalue weighted by molar-refractivity contribution is -0.0212. The topological polar surface area (TPSA) is 52.1 Å². The molecule has 6 heteroatoms. The zero-order valence-corrected chi connectivity index (χ0v) is 20.2. The first-order chi connectivity index (χ1) is 16.2. The number of guanidine groups is 1. The van der Waals surface area contributed by atoms with E-state index in [-0.39, 0.29) is 0 Å². The Morgan fingerprint density at radius 2 is 1.55 bits per heavy atom. The summed E-state index contributed by atoms with van der Waals surface area (Å²) in [6.45, 7) is 11.0. The van der Waals surface area contributed by atoms with Gasteiger partial charge in [0.05, 0.1) is 12.7 Å². The largest absolute Gasteiger partial charge is 0.376 e. The van der Waals surface area contributed by atoms with Crippen LogP contribution in [0.2, 0.25) is 0 Å². The van der Waals surface area contributed by atoms with Crippen molar-refractivity contribution in [3.8, 4) is 0 Å². The predicted octanol–water partition coefficient (Wildman–Crippen LogP) is 3.37. The molecule has 2 heterocycles. The Kier molecular flexibility index (Phi) is 8.75. The summed E-state index contributed by atoms with van der Waals surface area (Å²) in [5.74, 6) is 0.823. The van der Waals surface area contributed by atoms with Gasteiger partial charge in [0.25, 0.3) is 0 Å². The summed E-state index contributed by atoms with van der Waals surface area (Å²) in [6.07, 6.45) is 3.00. The van der Waals surface area contributed by atoms with Crippen LogP contribution in [0, 0.1) is 0 Å². The highest BCUT2D eigenvalue weighted by Crippen LogP contribution is 2.14. The summed E-state index contributed by atoms with van der Waals surface area (Å²) < 4.78 is 5.66. The van der Waals surface area contributed by atoms with Crippen LogP contribution in [0.15, 0.2) is 53.5 Å². The molecule has 2 aromatic carbocycles. The molecular weight excluding hydrogens is 410 g/mol. The number of rotatable bonds is 8. The minimum Gasteiger partial charge on any atom is -0.376 e. The van der Waals surface area contributed by atoms with Crippen LogP contribution in [-0.4, -0.2) is 61.7 Å². The lowest BCUT2D eigenvalue weighted by atomic mass is 10.1. The molecule has 33 heavy (non-hydrogen) atoms. The fourth-order valence-electron chi connectivity index (χ4n) is 4.68. The number of nitrogens with zero attached hydrogens (tertiary/aromatic N) is 3. The van der Waals surface area contributed by atoms with Crippen LogP contribution in [0.5, 0.6) is 0 Å². The lowest BCUT2D eigenvalue weighted by Gasteiger charge is -2.31. The molecule has 4 rings (SSSR count). The van der Waals surface area contributed by atoms with Gasteiger partial charge in [-0.3, -0.25) is 14.8 Å². The second-order valence-electron chi connectivity index (χ2n) is 9.32. The summed E-state index contributed by atoms with van der Waals surface area (Å²) in [5, 5.41) is 6.89. The Hall–Kier alpha value is -2.41. The maximum absolute atomic E-state index is 5.66. The van der Waals surface area contributed by atoms with Crippen molar-refractivity contribution in [2.24, 2.45) is 4.99 Å². The summed E-state index contributed by atoms with van der Waals surface area (Å²) >= 11 is 0. The molecule has 0 bridgehead atoms. The summed E-state index contributed by atoms with van der Waals surface area (Å²) in [5.41, 5.74) is 5.28. The monoisotopic (exact) mass is 449 g/mol. The molecule has 1 unspecified atom stereocenters. The number of likely N-dealkylation sites (tertiary alicyclic amines) is 1. The third-order valence-corrected chi connectivity index (χ3v) is 6.49. The number of aliphatic imine (C=N–C) groups is 1. The number of hydrogen-bond donors (Lipinski definition) is 2. The standard InChI is InChI=1S/C27H39N5O/c1-22-19-32(14-15-33-22)21-26-7-5-6-25(16-26)18-30-27(28-2)29-17-23-8-10-24(11-9-23)20-31-12-3-4-13-31/h5-11,16,22H,3-4,12-15,17-21H2,1-2H3,(H2,28,29,30). The Morgan fingerprint density at radius 1 is 0.879 bits per heavy atom. The van der Waals surface area contributed by atoms with Crippen molar-refractivity contribution in [1.82, 2.24) is 20.4 Å². The predicted molar refractivity (Wildman–Crippen MR) is 135 cm³/mol. The lowest BCUT2D eigenvalue weighted by Crippen LogP contribution is -2.40. The molecule has 0 saturated carbocycles. The van der Waals surface area contributed by atoms with Gasteiger partial charge < -0.3 is 15.4 Å². The van der Waals surface area contributed by atoms with Crippen molar-refractivity contribution in [2.75, 3.05) is 39.8 Å². The highest BCUT2D eigenvalue weighted by Gasteiger charge is 2.16. The smallest absolute Gasteiger partial charge is 0.191 e. The van der Waals surface area contributed by atoms with Crippen LogP contribution in [0.3, 0.4) is 0 Å². The minimum absolute atomic E-state index is 0.319. The molecule has 0 amide bonds. The highest BCUT2D eigenvalue weighted by molar-refractivity contribution is 5.79. The molecule has 0 radical (unpaired) electrons. The molecule has 6 nitrogen and oxygen atoms in total. The Labute approximate surface area is 199 Å². The van der Waals surface area contributed by atoms with Crippen LogP contribution < -0.4 is 10.6 Å². The molecule has 2 aromatic rings. The maximum Gasteiger partial charge on any atom is 0.191 e. The quantitative estimate of drug-likeness (QED) is 0.478. The molecule has 2 N–H and O–H groups in total. The molecular formula is C27H39N5O. The normalized spacial score (nSPS) is 20.2. The molecule has 2 aliphatic rings. The van der Waals surface area contributed by atoms with Gasteiger partial charge in [-0.05, 0) is 55.1 Å². The number of ether oxygens (including phenoxy) is 1. The van der Waals surface area contributed by atoms with E-state index in [1.807, 2.05) is 7.05 Å². The van der Waals surface area contributed by atoms with Gasteiger partial charge in [-0.2, -0.15) is 0 Å². The van der Waals surface area contributed by atoms with E-state index in [1.54, 1.807) is 0 Å². The van der Waals surface area contributed by atoms with Gasteiger partial charge >= 0.3 is 0 Å². The zero-order valence-electron chi connectivity index (χ0n) is 20.2. The van der Waals surface area contributed by atoms with Crippen LogP contribution in [0.4, 0.5) is 0 Å². The van der Waals surface area contributed by atoms with Gasteiger partial charge in [-0.15, -0.1) is 0 Å². The van der Waals surface area contributed by atoms with E-state index in [1.165, 1.54) is 48.2 Å². The molecule has 0 aliphatic carbocycles. The summed E-state index contributed by atoms with van der Waals surface area (Å²) in [4.78, 5) is 9.40. The summed E-state index contributed by atoms with van der Waals surface area (Å²) in [7, 11) is 1.82. The van der Waals surface area contributed by atoms with Gasteiger partial charge in [0.2, 0.25) is 0 Å². The number of benzene rings is 2. The van der Waals surface area contributed by atoms with Gasteiger partial charge in [0, 0.05) is 46.3 Å². The second kappa shape index (κ2) is 12.2. The van der Waals surface area contributed by atoms with Crippen LogP contribution >= 0.6 is 0 Å². The molecule has 178 valence electrons. The third kappa shape index (κ3) is 7.56. The number of hydrogen-bond acceptors (Lipinski definition) is 4. The average molecular weight is 450 g/mol. The van der Waals surface area contributed by atoms with Gasteiger partial charge in [-0.1, -0.05) is 48.5 Å². The van der Waals surface area contributed by atoms with Crippen molar-refractivity contribution in [1.29, 1.82) is 0 Å². The minimum atomic E-state index is 0.319. The Balaban J connectivity index is 1.22. The van der Waals surface area contributed by atoms with Gasteiger partial charge in [0.15, 0.2) is 5.96 Å². The number of nitrogens with one attached hydrogen (secondary N) is 2. The van der Waals surface area contributed by atoms with Crippen LogP contribution in [-0.2, 0) is 30.9 Å². The molecule has 2 aliphatic heterocycles. The number of morpholine rings is 1. The average Bonchev–Trinajstić information content (AvgIpc) is 3.34. The fourth-order valence-corrected chi connectivity index (χ4v) is 4.68. The van der Waals surface area contributed by atoms with E-state index < -0.39 is 0 Å². The maximum atomic E-state index is 5.66. The van der Waals surface area contributed by atoms with E-state index in [9.17, 15) is 0 Å². The fraction of sp³-hybridized carbons (Fsp3) is 0.519. The first-order valence-electron chi connectivity index (χ1n) is 12.3. The SMILES string of the molecule is CN=C(NCc1ccc(CN2CCCC2)cc1)NCc1cccc(CN2CCOC(C)C2)c1. The first-order valence-corrected chi connectivity index (χ1v) is 12.3. The van der Waals surface area contributed by atoms with E-state index in [0.717, 1.165) is 51.8 Å². The van der Waals surface area contributed by atoms with Crippen LogP contribution in [0.25, 0.3) is 0 Å². The molecule has 1 atom stereocenters. The van der Waals surface area contributed by atoms with Gasteiger partial charge in [0.1, 0.15) is 0 Å². The molecule has 2 fully saturated rings. The summed E-state index contributed by atoms with van der Waals surface area (Å²) in [6, 6.07) is 17.8. The Morgan fingerprint density at radius 3 is 2.27 bits per heavy atom. The zero-order chi connectivity index (χ0) is 22.9. The van der Waals surface area contributed by atoms with Gasteiger partial charge in [-0.25, -0.2) is 0 Å². The molecule has 2 saturated heterocycles. The van der Waals surface area contributed by atoms with Crippen LogP contribution in [0.1, 0.15) is 42.0 Å². The van der Waals surface area contributed by atoms with E-state index in [4.69, 9.17) is 4.74 Å². The van der Waals surface area contributed by atoms with Crippen molar-refractivity contribution in [3.63, 3.8) is 0 Å². The molecule has 0 aromatic heterocycles. The van der Waals surface area contributed by atoms with Crippen molar-refractivity contribution >= 4 is 5.96 Å². The third-order valence-electron chi connectivity index (χ3n) is 6.49. The highest BCUT2D eigenvalue weighted by atomic mass is 16.5. The first kappa shape index (κ1) is 23.7. The van der Waals surface area contributed by atoms with E-state index in [2.05, 4.69) is 80.9 Å². The van der Waals surface area contributed by atoms with Crippen molar-refractivity contribution < 1.29 is 4.74 Å². The Bertz CT molecular complexity index is 892.